The van der Waals surface area contributed by atoms with Crippen LogP contribution in [-0.2, 0) is 29.1 Å². The Bertz CT molecular complexity index is 968. The fraction of sp³-hybridized carbons (Fsp3) is 0.474. The highest BCUT2D eigenvalue weighted by Gasteiger charge is 2.20. The SMILES string of the molecule is COc1ccc(Cl)cc1NC(=O)CN(C)C(=O)Cn1nc2n(c1=O)CCCCC2. The normalized spacial score (nSPS) is 13.3. The summed E-state index contributed by atoms with van der Waals surface area (Å²) < 4.78 is 8.01. The molecule has 3 rings (SSSR count). The number of anilines is 1. The number of hydrogen-bond donors (Lipinski definition) is 1. The lowest BCUT2D eigenvalue weighted by molar-refractivity contribution is -0.134. The summed E-state index contributed by atoms with van der Waals surface area (Å²) in [6.45, 7) is 0.238. The first-order valence-corrected chi connectivity index (χ1v) is 9.80. The fourth-order valence-corrected chi connectivity index (χ4v) is 3.42. The molecule has 0 spiro atoms. The number of aromatic nitrogens is 3. The quantitative estimate of drug-likeness (QED) is 0.762. The van der Waals surface area contributed by atoms with E-state index >= 15 is 0 Å². The second-order valence-corrected chi connectivity index (χ2v) is 7.40. The van der Waals surface area contributed by atoms with Crippen LogP contribution in [0.1, 0.15) is 25.1 Å². The number of nitrogens with zero attached hydrogens (tertiary/aromatic N) is 4. The van der Waals surface area contributed by atoms with Crippen LogP contribution in [0.15, 0.2) is 23.0 Å². The first-order valence-electron chi connectivity index (χ1n) is 9.43. The van der Waals surface area contributed by atoms with Gasteiger partial charge in [0.05, 0.1) is 19.3 Å². The summed E-state index contributed by atoms with van der Waals surface area (Å²) in [5.74, 6) is 0.388. The molecule has 2 heterocycles. The van der Waals surface area contributed by atoms with Gasteiger partial charge in [-0.25, -0.2) is 9.48 Å². The van der Waals surface area contributed by atoms with E-state index in [0.717, 1.165) is 25.7 Å². The lowest BCUT2D eigenvalue weighted by Crippen LogP contribution is -2.39. The number of halogens is 1. The van der Waals surface area contributed by atoms with Crippen molar-refractivity contribution in [2.45, 2.75) is 38.8 Å². The van der Waals surface area contributed by atoms with Crippen molar-refractivity contribution in [3.05, 3.63) is 39.5 Å². The fourth-order valence-electron chi connectivity index (χ4n) is 3.25. The number of methoxy groups -OCH3 is 1. The molecule has 1 N–H and O–H groups in total. The number of carbonyl (C=O) groups excluding carboxylic acids is 2. The maximum Gasteiger partial charge on any atom is 0.346 e. The van der Waals surface area contributed by atoms with Crippen LogP contribution >= 0.6 is 11.6 Å². The van der Waals surface area contributed by atoms with Gasteiger partial charge in [0, 0.05) is 25.0 Å². The van der Waals surface area contributed by atoms with E-state index in [2.05, 4.69) is 10.4 Å². The minimum atomic E-state index is -0.408. The highest BCUT2D eigenvalue weighted by Crippen LogP contribution is 2.27. The van der Waals surface area contributed by atoms with Crippen molar-refractivity contribution in [3.63, 3.8) is 0 Å². The van der Waals surface area contributed by atoms with Gasteiger partial charge in [-0.15, -0.1) is 0 Å². The molecule has 1 aliphatic rings. The van der Waals surface area contributed by atoms with E-state index in [9.17, 15) is 14.4 Å². The number of benzene rings is 1. The summed E-state index contributed by atoms with van der Waals surface area (Å²) in [5, 5.41) is 7.43. The predicted molar refractivity (Wildman–Crippen MR) is 108 cm³/mol. The van der Waals surface area contributed by atoms with Gasteiger partial charge in [0.1, 0.15) is 18.1 Å². The van der Waals surface area contributed by atoms with E-state index in [1.165, 1.54) is 23.7 Å². The summed E-state index contributed by atoms with van der Waals surface area (Å²) in [4.78, 5) is 38.6. The third-order valence-electron chi connectivity index (χ3n) is 4.81. The first kappa shape index (κ1) is 20.9. The van der Waals surface area contributed by atoms with E-state index in [4.69, 9.17) is 16.3 Å². The van der Waals surface area contributed by atoms with Crippen LogP contribution in [0.5, 0.6) is 5.75 Å². The predicted octanol–water partition coefficient (Wildman–Crippen LogP) is 1.53. The highest BCUT2D eigenvalue weighted by atomic mass is 35.5. The number of amides is 2. The van der Waals surface area contributed by atoms with Crippen LogP contribution in [0.4, 0.5) is 5.69 Å². The number of ether oxygens (including phenoxy) is 1. The minimum absolute atomic E-state index is 0.184. The molecule has 1 aromatic carbocycles. The van der Waals surface area contributed by atoms with Crippen LogP contribution in [0.2, 0.25) is 5.02 Å². The van der Waals surface area contributed by atoms with Crippen molar-refractivity contribution >= 4 is 29.1 Å². The summed E-state index contributed by atoms with van der Waals surface area (Å²) >= 11 is 5.96. The molecule has 0 atom stereocenters. The van der Waals surface area contributed by atoms with E-state index < -0.39 is 5.91 Å². The summed E-state index contributed by atoms with van der Waals surface area (Å²) in [5.41, 5.74) is 0.136. The summed E-state index contributed by atoms with van der Waals surface area (Å²) in [6.07, 6.45) is 3.71. The lowest BCUT2D eigenvalue weighted by atomic mass is 10.2. The number of carbonyl (C=O) groups is 2. The molecule has 0 fully saturated rings. The molecule has 1 aromatic heterocycles. The third-order valence-corrected chi connectivity index (χ3v) is 5.04. The van der Waals surface area contributed by atoms with Gasteiger partial charge in [0.25, 0.3) is 0 Å². The third kappa shape index (κ3) is 4.97. The van der Waals surface area contributed by atoms with Crippen LogP contribution < -0.4 is 15.7 Å². The monoisotopic (exact) mass is 421 g/mol. The van der Waals surface area contributed by atoms with E-state index in [0.29, 0.717) is 28.8 Å². The smallest absolute Gasteiger partial charge is 0.346 e. The largest absolute Gasteiger partial charge is 0.495 e. The van der Waals surface area contributed by atoms with Crippen molar-refractivity contribution in [2.24, 2.45) is 0 Å². The Morgan fingerprint density at radius 2 is 2.10 bits per heavy atom. The molecule has 156 valence electrons. The van der Waals surface area contributed by atoms with Crippen molar-refractivity contribution in [1.82, 2.24) is 19.2 Å². The lowest BCUT2D eigenvalue weighted by Gasteiger charge is -2.17. The van der Waals surface area contributed by atoms with Gasteiger partial charge in [0.2, 0.25) is 11.8 Å². The van der Waals surface area contributed by atoms with Crippen molar-refractivity contribution in [2.75, 3.05) is 26.0 Å². The Morgan fingerprint density at radius 1 is 1.31 bits per heavy atom. The van der Waals surface area contributed by atoms with Crippen molar-refractivity contribution < 1.29 is 14.3 Å². The molecular formula is C19H24ClN5O4. The number of fused-ring (bicyclic) bond motifs is 1. The van der Waals surface area contributed by atoms with E-state index in [1.807, 2.05) is 0 Å². The number of likely N-dealkylation sites (N-methyl/N-ethyl adjacent to an activating group) is 1. The standard InChI is InChI=1S/C19H24ClN5O4/c1-23(11-17(26)21-14-10-13(20)7-8-15(14)29-2)18(27)12-25-19(28)24-9-5-3-4-6-16(24)22-25/h7-8,10H,3-6,9,11-12H2,1-2H3,(H,21,26). The van der Waals surface area contributed by atoms with Gasteiger partial charge in [0.15, 0.2) is 0 Å². The molecule has 2 amide bonds. The second kappa shape index (κ2) is 9.13. The Hall–Kier alpha value is -2.81. The topological polar surface area (TPSA) is 98.5 Å². The molecule has 1 aliphatic heterocycles. The molecule has 0 saturated carbocycles. The molecule has 0 aliphatic carbocycles. The maximum absolute atomic E-state index is 12.5. The van der Waals surface area contributed by atoms with Crippen LogP contribution in [0.3, 0.4) is 0 Å². The van der Waals surface area contributed by atoms with Crippen LogP contribution in [-0.4, -0.2) is 51.8 Å². The van der Waals surface area contributed by atoms with Crippen LogP contribution in [0.25, 0.3) is 0 Å². The molecule has 29 heavy (non-hydrogen) atoms. The van der Waals surface area contributed by atoms with Gasteiger partial charge in [-0.1, -0.05) is 18.0 Å². The maximum atomic E-state index is 12.5. The number of rotatable bonds is 6. The molecule has 0 bridgehead atoms. The molecule has 0 radical (unpaired) electrons. The average Bonchev–Trinajstić information content (AvgIpc) is 2.84. The zero-order valence-corrected chi connectivity index (χ0v) is 17.2. The van der Waals surface area contributed by atoms with Crippen LogP contribution in [0, 0.1) is 0 Å². The number of nitrogens with one attached hydrogen (secondary N) is 1. The second-order valence-electron chi connectivity index (χ2n) is 6.96. The molecule has 0 saturated heterocycles. The van der Waals surface area contributed by atoms with Crippen molar-refractivity contribution in [1.29, 1.82) is 0 Å². The highest BCUT2D eigenvalue weighted by molar-refractivity contribution is 6.31. The Balaban J connectivity index is 1.62. The van der Waals surface area contributed by atoms with E-state index in [1.54, 1.807) is 22.8 Å². The Labute approximate surface area is 173 Å². The molecule has 0 unspecified atom stereocenters. The van der Waals surface area contributed by atoms with Gasteiger partial charge in [-0.2, -0.15) is 5.10 Å². The number of hydrogen-bond acceptors (Lipinski definition) is 5. The first-order chi connectivity index (χ1) is 13.9. The zero-order valence-electron chi connectivity index (χ0n) is 16.5. The van der Waals surface area contributed by atoms with Gasteiger partial charge < -0.3 is 15.0 Å². The Morgan fingerprint density at radius 3 is 2.86 bits per heavy atom. The summed E-state index contributed by atoms with van der Waals surface area (Å²) in [7, 11) is 2.99. The minimum Gasteiger partial charge on any atom is -0.495 e. The van der Waals surface area contributed by atoms with Gasteiger partial charge in [-0.05, 0) is 31.0 Å². The van der Waals surface area contributed by atoms with E-state index in [-0.39, 0.29) is 24.7 Å². The average molecular weight is 422 g/mol. The molecular weight excluding hydrogens is 398 g/mol. The molecule has 2 aromatic rings. The Kier molecular flexibility index (Phi) is 6.58. The molecule has 10 heteroatoms. The van der Waals surface area contributed by atoms with Gasteiger partial charge >= 0.3 is 5.69 Å². The van der Waals surface area contributed by atoms with Gasteiger partial charge in [-0.3, -0.25) is 14.2 Å². The number of aryl methyl sites for hydroxylation is 1. The molecule has 9 nitrogen and oxygen atoms in total. The van der Waals surface area contributed by atoms with Crippen molar-refractivity contribution in [3.8, 4) is 5.75 Å². The summed E-state index contributed by atoms with van der Waals surface area (Å²) in [6, 6.07) is 4.86. The zero-order chi connectivity index (χ0) is 21.0.